The van der Waals surface area contributed by atoms with Crippen LogP contribution in [0.5, 0.6) is 5.75 Å². The van der Waals surface area contributed by atoms with Crippen molar-refractivity contribution in [3.63, 3.8) is 0 Å². The number of hydrogen-bond acceptors (Lipinski definition) is 3. The first kappa shape index (κ1) is 16.6. The highest BCUT2D eigenvalue weighted by molar-refractivity contribution is 5.88. The molecule has 0 bridgehead atoms. The van der Waals surface area contributed by atoms with Crippen LogP contribution in [0.1, 0.15) is 5.56 Å². The molecule has 2 amide bonds. The molecule has 0 unspecified atom stereocenters. The van der Waals surface area contributed by atoms with Crippen LogP contribution in [0.15, 0.2) is 48.8 Å². The molecule has 2 N–H and O–H groups in total. The van der Waals surface area contributed by atoms with Crippen molar-refractivity contribution in [2.75, 3.05) is 11.9 Å². The Morgan fingerprint density at radius 2 is 1.91 bits per heavy atom. The molecule has 2 aromatic rings. The Balaban J connectivity index is 1.78. The van der Waals surface area contributed by atoms with Gasteiger partial charge in [-0.25, -0.2) is 4.79 Å². The van der Waals surface area contributed by atoms with E-state index in [1.807, 2.05) is 0 Å². The Morgan fingerprint density at radius 3 is 2.52 bits per heavy atom. The molecule has 122 valence electrons. The van der Waals surface area contributed by atoms with E-state index in [0.29, 0.717) is 5.69 Å². The van der Waals surface area contributed by atoms with Gasteiger partial charge in [-0.1, -0.05) is 12.1 Å². The zero-order valence-corrected chi connectivity index (χ0v) is 11.9. The van der Waals surface area contributed by atoms with E-state index >= 15 is 0 Å². The van der Waals surface area contributed by atoms with Crippen molar-refractivity contribution in [2.45, 2.75) is 12.7 Å². The number of hydrogen-bond donors (Lipinski definition) is 2. The van der Waals surface area contributed by atoms with Crippen molar-refractivity contribution in [1.82, 2.24) is 10.3 Å². The number of nitrogens with one attached hydrogen (secondary N) is 2. The van der Waals surface area contributed by atoms with E-state index in [-0.39, 0.29) is 12.3 Å². The normalized spacial score (nSPS) is 10.9. The lowest BCUT2D eigenvalue weighted by Gasteiger charge is -2.10. The summed E-state index contributed by atoms with van der Waals surface area (Å²) in [7, 11) is 0. The zero-order valence-electron chi connectivity index (χ0n) is 11.9. The predicted molar refractivity (Wildman–Crippen MR) is 78.1 cm³/mol. The molecule has 5 nitrogen and oxygen atoms in total. The number of alkyl halides is 3. The van der Waals surface area contributed by atoms with E-state index in [1.54, 1.807) is 30.5 Å². The second kappa shape index (κ2) is 7.48. The van der Waals surface area contributed by atoms with Crippen LogP contribution < -0.4 is 15.4 Å². The topological polar surface area (TPSA) is 63.2 Å². The Morgan fingerprint density at radius 1 is 1.17 bits per heavy atom. The SMILES string of the molecule is O=C(NCc1ccc(OCC(F)(F)F)cc1)Nc1cccnc1. The number of rotatable bonds is 5. The number of amides is 2. The Kier molecular flexibility index (Phi) is 5.40. The van der Waals surface area contributed by atoms with Crippen molar-refractivity contribution in [1.29, 1.82) is 0 Å². The van der Waals surface area contributed by atoms with Crippen LogP contribution in [0.25, 0.3) is 0 Å². The molecule has 0 aliphatic rings. The molecule has 0 aliphatic heterocycles. The molecule has 2 rings (SSSR count). The molecule has 0 saturated carbocycles. The Labute approximate surface area is 130 Å². The molecule has 1 aromatic heterocycles. The van der Waals surface area contributed by atoms with Crippen molar-refractivity contribution in [2.24, 2.45) is 0 Å². The lowest BCUT2D eigenvalue weighted by Crippen LogP contribution is -2.28. The smallest absolute Gasteiger partial charge is 0.422 e. The number of anilines is 1. The first-order chi connectivity index (χ1) is 10.9. The second-order valence-corrected chi connectivity index (χ2v) is 4.60. The predicted octanol–water partition coefficient (Wildman–Crippen LogP) is 3.34. The number of carbonyl (C=O) groups is 1. The average molecular weight is 325 g/mol. The minimum Gasteiger partial charge on any atom is -0.484 e. The van der Waals surface area contributed by atoms with Crippen LogP contribution in [0.3, 0.4) is 0 Å². The van der Waals surface area contributed by atoms with Crippen LogP contribution in [-0.4, -0.2) is 23.8 Å². The molecule has 0 fully saturated rings. The van der Waals surface area contributed by atoms with Gasteiger partial charge in [-0.05, 0) is 29.8 Å². The lowest BCUT2D eigenvalue weighted by atomic mass is 10.2. The molecule has 0 spiro atoms. The monoisotopic (exact) mass is 325 g/mol. The van der Waals surface area contributed by atoms with Gasteiger partial charge in [-0.3, -0.25) is 4.98 Å². The maximum Gasteiger partial charge on any atom is 0.422 e. The van der Waals surface area contributed by atoms with E-state index in [1.165, 1.54) is 18.3 Å². The third kappa shape index (κ3) is 6.25. The average Bonchev–Trinajstić information content (AvgIpc) is 2.52. The first-order valence-electron chi connectivity index (χ1n) is 6.66. The van der Waals surface area contributed by atoms with E-state index in [4.69, 9.17) is 0 Å². The van der Waals surface area contributed by atoms with Gasteiger partial charge in [0.15, 0.2) is 6.61 Å². The van der Waals surface area contributed by atoms with Gasteiger partial charge in [0.2, 0.25) is 0 Å². The van der Waals surface area contributed by atoms with Crippen molar-refractivity contribution in [3.8, 4) is 5.75 Å². The molecule has 1 aromatic carbocycles. The number of ether oxygens (including phenoxy) is 1. The maximum atomic E-state index is 12.0. The van der Waals surface area contributed by atoms with Crippen molar-refractivity contribution in [3.05, 3.63) is 54.4 Å². The maximum absolute atomic E-state index is 12.0. The van der Waals surface area contributed by atoms with Crippen LogP contribution in [0, 0.1) is 0 Å². The molecule has 0 atom stereocenters. The van der Waals surface area contributed by atoms with Gasteiger partial charge in [0.1, 0.15) is 5.75 Å². The summed E-state index contributed by atoms with van der Waals surface area (Å²) in [5.41, 5.74) is 1.28. The quantitative estimate of drug-likeness (QED) is 0.886. The Bertz CT molecular complexity index is 631. The lowest BCUT2D eigenvalue weighted by molar-refractivity contribution is -0.153. The summed E-state index contributed by atoms with van der Waals surface area (Å²) in [4.78, 5) is 15.5. The number of pyridine rings is 1. The highest BCUT2D eigenvalue weighted by atomic mass is 19.4. The summed E-state index contributed by atoms with van der Waals surface area (Å²) in [6.07, 6.45) is -1.28. The minimum absolute atomic E-state index is 0.117. The molecular weight excluding hydrogens is 311 g/mol. The number of nitrogens with zero attached hydrogens (tertiary/aromatic N) is 1. The fraction of sp³-hybridized carbons (Fsp3) is 0.200. The molecule has 1 heterocycles. The second-order valence-electron chi connectivity index (χ2n) is 4.60. The first-order valence-corrected chi connectivity index (χ1v) is 6.66. The summed E-state index contributed by atoms with van der Waals surface area (Å²) in [5, 5.41) is 5.22. The van der Waals surface area contributed by atoms with Gasteiger partial charge in [0, 0.05) is 12.7 Å². The van der Waals surface area contributed by atoms with Crippen molar-refractivity contribution < 1.29 is 22.7 Å². The van der Waals surface area contributed by atoms with Gasteiger partial charge in [0.25, 0.3) is 0 Å². The minimum atomic E-state index is -4.37. The zero-order chi connectivity index (χ0) is 16.7. The summed E-state index contributed by atoms with van der Waals surface area (Å²) in [5.74, 6) is 0.117. The molecule has 8 heteroatoms. The number of benzene rings is 1. The molecule has 0 radical (unpaired) electrons. The number of urea groups is 1. The van der Waals surface area contributed by atoms with Crippen LogP contribution >= 0.6 is 0 Å². The summed E-state index contributed by atoms with van der Waals surface area (Å²) in [6.45, 7) is -1.11. The molecule has 23 heavy (non-hydrogen) atoms. The highest BCUT2D eigenvalue weighted by Gasteiger charge is 2.28. The highest BCUT2D eigenvalue weighted by Crippen LogP contribution is 2.18. The van der Waals surface area contributed by atoms with Gasteiger partial charge in [0.05, 0.1) is 11.9 Å². The summed E-state index contributed by atoms with van der Waals surface area (Å²) < 4.78 is 40.7. The molecule has 0 aliphatic carbocycles. The summed E-state index contributed by atoms with van der Waals surface area (Å²) in [6, 6.07) is 8.97. The number of halogens is 3. The Hall–Kier alpha value is -2.77. The fourth-order valence-electron chi connectivity index (χ4n) is 1.66. The van der Waals surface area contributed by atoms with Gasteiger partial charge in [-0.2, -0.15) is 13.2 Å². The molecular formula is C15H14F3N3O2. The summed E-state index contributed by atoms with van der Waals surface area (Å²) >= 11 is 0. The van der Waals surface area contributed by atoms with Crippen molar-refractivity contribution >= 4 is 11.7 Å². The number of aromatic nitrogens is 1. The van der Waals surface area contributed by atoms with Crippen LogP contribution in [0.2, 0.25) is 0 Å². The van der Waals surface area contributed by atoms with E-state index < -0.39 is 18.8 Å². The van der Waals surface area contributed by atoms with Gasteiger partial charge in [-0.15, -0.1) is 0 Å². The van der Waals surface area contributed by atoms with E-state index in [2.05, 4.69) is 20.4 Å². The van der Waals surface area contributed by atoms with Gasteiger partial charge < -0.3 is 15.4 Å². The van der Waals surface area contributed by atoms with Gasteiger partial charge >= 0.3 is 12.2 Å². The molecule has 0 saturated heterocycles. The fourth-order valence-corrected chi connectivity index (χ4v) is 1.66. The third-order valence-corrected chi connectivity index (χ3v) is 2.70. The largest absolute Gasteiger partial charge is 0.484 e. The third-order valence-electron chi connectivity index (χ3n) is 2.70. The van der Waals surface area contributed by atoms with E-state index in [0.717, 1.165) is 5.56 Å². The number of carbonyl (C=O) groups excluding carboxylic acids is 1. The standard InChI is InChI=1S/C15H14F3N3O2/c16-15(17,18)10-23-13-5-3-11(4-6-13)8-20-14(22)21-12-2-1-7-19-9-12/h1-7,9H,8,10H2,(H2,20,21,22). The van der Waals surface area contributed by atoms with E-state index in [9.17, 15) is 18.0 Å². The van der Waals surface area contributed by atoms with Crippen LogP contribution in [0.4, 0.5) is 23.7 Å². The van der Waals surface area contributed by atoms with Crippen LogP contribution in [-0.2, 0) is 6.54 Å².